The van der Waals surface area contributed by atoms with Crippen molar-refractivity contribution in [3.63, 3.8) is 0 Å². The summed E-state index contributed by atoms with van der Waals surface area (Å²) in [6, 6.07) is 50.6. The van der Waals surface area contributed by atoms with Crippen LogP contribution in [0.3, 0.4) is 0 Å². The van der Waals surface area contributed by atoms with Crippen LogP contribution < -0.4 is 0 Å². The number of hydrogen-bond acceptors (Lipinski definition) is 3. The third kappa shape index (κ3) is 4.02. The van der Waals surface area contributed by atoms with Crippen molar-refractivity contribution in [3.8, 4) is 39.6 Å². The number of aromatic amines is 1. The van der Waals surface area contributed by atoms with Crippen molar-refractivity contribution in [2.75, 3.05) is 0 Å². The van der Waals surface area contributed by atoms with Crippen LogP contribution in [-0.4, -0.2) is 28.9 Å². The molecule has 0 aliphatic rings. The molecule has 0 bridgehead atoms. The molecule has 0 saturated carbocycles. The molecular weight excluding hydrogens is 576 g/mol. The molecule has 4 aromatic heterocycles. The average Bonchev–Trinajstić information content (AvgIpc) is 3.81. The lowest BCUT2D eigenvalue weighted by atomic mass is 10.1. The molecule has 1 N–H and O–H groups in total. The van der Waals surface area contributed by atoms with E-state index < -0.39 is 0 Å². The van der Waals surface area contributed by atoms with E-state index in [-0.39, 0.29) is 0 Å². The number of nitrogens with zero attached hydrogens (tertiary/aromatic N) is 5. The fourth-order valence-corrected chi connectivity index (χ4v) is 6.89. The summed E-state index contributed by atoms with van der Waals surface area (Å²) >= 11 is 0. The highest BCUT2D eigenvalue weighted by Gasteiger charge is 2.18. The van der Waals surface area contributed by atoms with Gasteiger partial charge in [-0.1, -0.05) is 109 Å². The van der Waals surface area contributed by atoms with Gasteiger partial charge in [-0.15, -0.1) is 0 Å². The Morgan fingerprint density at radius 3 is 2.02 bits per heavy atom. The molecule has 6 heteroatoms. The van der Waals surface area contributed by atoms with E-state index in [0.717, 1.165) is 72.0 Å². The van der Waals surface area contributed by atoms with Crippen LogP contribution in [0.1, 0.15) is 0 Å². The zero-order valence-electron chi connectivity index (χ0n) is 25.2. The van der Waals surface area contributed by atoms with Crippen molar-refractivity contribution in [2.24, 2.45) is 0 Å². The first-order valence-corrected chi connectivity index (χ1v) is 15.7. The lowest BCUT2D eigenvalue weighted by molar-refractivity contribution is 1.01. The van der Waals surface area contributed by atoms with Gasteiger partial charge in [-0.05, 0) is 47.5 Å². The number of rotatable bonds is 4. The maximum atomic E-state index is 5.21. The van der Waals surface area contributed by atoms with Crippen molar-refractivity contribution in [1.29, 1.82) is 0 Å². The lowest BCUT2D eigenvalue weighted by Gasteiger charge is -2.11. The second kappa shape index (κ2) is 9.99. The van der Waals surface area contributed by atoms with Gasteiger partial charge in [0.25, 0.3) is 0 Å². The van der Waals surface area contributed by atoms with Gasteiger partial charge in [0.2, 0.25) is 11.7 Å². The van der Waals surface area contributed by atoms with Gasteiger partial charge >= 0.3 is 0 Å². The topological polar surface area (TPSA) is 63.8 Å². The molecule has 4 heterocycles. The number of imidazole rings is 2. The Bertz CT molecular complexity index is 2790. The van der Waals surface area contributed by atoms with Gasteiger partial charge in [-0.2, -0.15) is 0 Å². The molecule has 0 spiro atoms. The van der Waals surface area contributed by atoms with Crippen molar-refractivity contribution in [2.45, 2.75) is 0 Å². The quantitative estimate of drug-likeness (QED) is 0.218. The van der Waals surface area contributed by atoms with Gasteiger partial charge in [0, 0.05) is 33.5 Å². The van der Waals surface area contributed by atoms with Gasteiger partial charge in [-0.25, -0.2) is 15.0 Å². The normalized spacial score (nSPS) is 11.8. The van der Waals surface area contributed by atoms with Crippen LogP contribution in [-0.2, 0) is 0 Å². The fraction of sp³-hybridized carbons (Fsp3) is 0. The summed E-state index contributed by atoms with van der Waals surface area (Å²) in [5, 5.41) is 3.30. The molecule has 0 aliphatic carbocycles. The van der Waals surface area contributed by atoms with Crippen LogP contribution in [0.4, 0.5) is 0 Å². The summed E-state index contributed by atoms with van der Waals surface area (Å²) in [5.41, 5.74) is 11.5. The number of nitrogens with one attached hydrogen (secondary N) is 1. The van der Waals surface area contributed by atoms with Crippen LogP contribution in [0, 0.1) is 0 Å². The Labute approximate surface area is 269 Å². The van der Waals surface area contributed by atoms with E-state index >= 15 is 0 Å². The molecule has 6 aromatic carbocycles. The minimum absolute atomic E-state index is 0.650. The average molecular weight is 603 g/mol. The summed E-state index contributed by atoms with van der Waals surface area (Å²) < 4.78 is 4.34. The fourth-order valence-electron chi connectivity index (χ4n) is 6.89. The summed E-state index contributed by atoms with van der Waals surface area (Å²) in [5.74, 6) is 1.47. The van der Waals surface area contributed by atoms with E-state index in [1.807, 2.05) is 24.3 Å². The summed E-state index contributed by atoms with van der Waals surface area (Å²) in [6.07, 6.45) is 2.13. The molecule has 0 unspecified atom stereocenters. The number of para-hydroxylation sites is 2. The Kier molecular flexibility index (Phi) is 5.48. The lowest BCUT2D eigenvalue weighted by Crippen LogP contribution is -2.03. The van der Waals surface area contributed by atoms with Crippen LogP contribution in [0.2, 0.25) is 0 Å². The highest BCUT2D eigenvalue weighted by Crippen LogP contribution is 2.36. The Morgan fingerprint density at radius 2 is 1.17 bits per heavy atom. The van der Waals surface area contributed by atoms with Crippen LogP contribution in [0.15, 0.2) is 152 Å². The molecule has 220 valence electrons. The minimum Gasteiger partial charge on any atom is -0.323 e. The van der Waals surface area contributed by atoms with Gasteiger partial charge in [0.15, 0.2) is 0 Å². The highest BCUT2D eigenvalue weighted by molar-refractivity contribution is 6.10. The van der Waals surface area contributed by atoms with Crippen LogP contribution in [0.5, 0.6) is 0 Å². The third-order valence-corrected chi connectivity index (χ3v) is 9.12. The van der Waals surface area contributed by atoms with Crippen molar-refractivity contribution in [3.05, 3.63) is 152 Å². The second-order valence-electron chi connectivity index (χ2n) is 11.9. The van der Waals surface area contributed by atoms with Gasteiger partial charge in [0.05, 0.1) is 39.0 Å². The number of H-pyrrole nitrogens is 1. The van der Waals surface area contributed by atoms with E-state index in [4.69, 9.17) is 15.0 Å². The molecule has 0 amide bonds. The van der Waals surface area contributed by atoms with Gasteiger partial charge < -0.3 is 4.98 Å². The SMILES string of the molecule is c1ccc(-c2ccc3[nH]c4nc(-c5ccc6c(c5)c5ccccc5n6-c5nc(-c6ccccc6)c6ccccc6n5)cn4c3c2)cc1. The van der Waals surface area contributed by atoms with Crippen molar-refractivity contribution >= 4 is 49.5 Å². The third-order valence-electron chi connectivity index (χ3n) is 9.12. The monoisotopic (exact) mass is 602 g/mol. The largest absolute Gasteiger partial charge is 0.323 e. The first-order valence-electron chi connectivity index (χ1n) is 15.7. The summed E-state index contributed by atoms with van der Waals surface area (Å²) in [6.45, 7) is 0. The zero-order valence-corrected chi connectivity index (χ0v) is 25.2. The molecule has 0 saturated heterocycles. The van der Waals surface area contributed by atoms with Crippen LogP contribution in [0.25, 0.3) is 89.1 Å². The first kappa shape index (κ1) is 25.8. The van der Waals surface area contributed by atoms with Crippen molar-refractivity contribution < 1.29 is 0 Å². The Morgan fingerprint density at radius 1 is 0.468 bits per heavy atom. The number of aromatic nitrogens is 6. The number of benzene rings is 6. The smallest absolute Gasteiger partial charge is 0.235 e. The maximum absolute atomic E-state index is 5.21. The van der Waals surface area contributed by atoms with E-state index in [1.165, 1.54) is 11.1 Å². The summed E-state index contributed by atoms with van der Waals surface area (Å²) in [4.78, 5) is 18.8. The predicted octanol–water partition coefficient (Wildman–Crippen LogP) is 9.86. The molecule has 10 rings (SSSR count). The standard InChI is InChI=1S/C41H26N6/c1-3-11-26(12-4-1)28-19-21-34-38(24-28)46-25-35(44-40(46)43-34)29-20-22-37-32(23-29)30-15-8-10-18-36(30)47(37)41-42-33-17-9-7-16-31(33)39(45-41)27-13-5-2-6-14-27/h1-25H,(H,43,44). The van der Waals surface area contributed by atoms with Gasteiger partial charge in [0.1, 0.15) is 0 Å². The molecule has 10 aromatic rings. The Hall–Kier alpha value is -6.53. The highest BCUT2D eigenvalue weighted by atomic mass is 15.2. The van der Waals surface area contributed by atoms with E-state index in [1.54, 1.807) is 0 Å². The van der Waals surface area contributed by atoms with Gasteiger partial charge in [-0.3, -0.25) is 8.97 Å². The maximum Gasteiger partial charge on any atom is 0.235 e. The van der Waals surface area contributed by atoms with Crippen LogP contribution >= 0.6 is 0 Å². The first-order chi connectivity index (χ1) is 23.3. The van der Waals surface area contributed by atoms with E-state index in [2.05, 4.69) is 141 Å². The summed E-state index contributed by atoms with van der Waals surface area (Å²) in [7, 11) is 0. The van der Waals surface area contributed by atoms with E-state index in [0.29, 0.717) is 5.95 Å². The molecule has 0 radical (unpaired) electrons. The molecular formula is C41H26N6. The molecule has 47 heavy (non-hydrogen) atoms. The number of fused-ring (bicyclic) bond motifs is 7. The minimum atomic E-state index is 0.650. The molecule has 0 atom stereocenters. The molecule has 0 aliphatic heterocycles. The van der Waals surface area contributed by atoms with Crippen molar-refractivity contribution in [1.82, 2.24) is 28.9 Å². The van der Waals surface area contributed by atoms with E-state index in [9.17, 15) is 0 Å². The Balaban J connectivity index is 1.15. The molecule has 0 fully saturated rings. The zero-order chi connectivity index (χ0) is 30.9. The number of hydrogen-bond donors (Lipinski definition) is 1. The predicted molar refractivity (Wildman–Crippen MR) is 191 cm³/mol. The second-order valence-corrected chi connectivity index (χ2v) is 11.9. The molecule has 6 nitrogen and oxygen atoms in total.